The highest BCUT2D eigenvalue weighted by Crippen LogP contribution is 2.38. The Morgan fingerprint density at radius 3 is 2.85 bits per heavy atom. The predicted octanol–water partition coefficient (Wildman–Crippen LogP) is 4.83. The lowest BCUT2D eigenvalue weighted by Crippen LogP contribution is -2.02. The van der Waals surface area contributed by atoms with Gasteiger partial charge in [0.05, 0.1) is 0 Å². The van der Waals surface area contributed by atoms with Gasteiger partial charge in [-0.25, -0.2) is 0 Å². The van der Waals surface area contributed by atoms with Crippen molar-refractivity contribution in [2.45, 2.75) is 51.6 Å². The molecule has 0 bridgehead atoms. The van der Waals surface area contributed by atoms with Gasteiger partial charge in [0.1, 0.15) is 12.6 Å². The minimum Gasteiger partial charge on any atom is -0.150 e. The summed E-state index contributed by atoms with van der Waals surface area (Å²) in [4.78, 5) is 21.5. The first-order valence-electron chi connectivity index (χ1n) is 7.23. The Balaban J connectivity index is 2.35. The summed E-state index contributed by atoms with van der Waals surface area (Å²) in [6, 6.07) is 7.53. The number of hydrogen-bond acceptors (Lipinski definition) is 4. The minimum atomic E-state index is -0.235. The van der Waals surface area contributed by atoms with Gasteiger partial charge in [0.2, 0.25) is 0 Å². The van der Waals surface area contributed by atoms with E-state index in [4.69, 9.17) is 0 Å². The summed E-state index contributed by atoms with van der Waals surface area (Å²) >= 11 is 0. The van der Waals surface area contributed by atoms with Gasteiger partial charge in [0, 0.05) is 0 Å². The SMILES string of the molecule is CCCCC1=C(c2cccc(CN=O)c2)C(N=O)CC1. The Kier molecular flexibility index (Phi) is 5.16. The summed E-state index contributed by atoms with van der Waals surface area (Å²) in [6.45, 7) is 2.34. The van der Waals surface area contributed by atoms with E-state index in [0.29, 0.717) is 0 Å². The smallest absolute Gasteiger partial charge is 0.118 e. The van der Waals surface area contributed by atoms with Crippen LogP contribution in [0.1, 0.15) is 50.2 Å². The molecule has 1 aliphatic carbocycles. The number of rotatable bonds is 7. The lowest BCUT2D eigenvalue weighted by Gasteiger charge is -2.11. The van der Waals surface area contributed by atoms with Crippen LogP contribution in [-0.4, -0.2) is 6.04 Å². The molecular weight excluding hydrogens is 252 g/mol. The molecule has 0 radical (unpaired) electrons. The van der Waals surface area contributed by atoms with E-state index in [2.05, 4.69) is 17.3 Å². The van der Waals surface area contributed by atoms with Crippen molar-refractivity contribution >= 4 is 5.57 Å². The molecule has 20 heavy (non-hydrogen) atoms. The van der Waals surface area contributed by atoms with Crippen LogP contribution in [-0.2, 0) is 6.54 Å². The second kappa shape index (κ2) is 7.08. The van der Waals surface area contributed by atoms with E-state index in [1.165, 1.54) is 5.57 Å². The molecule has 1 atom stereocenters. The average molecular weight is 272 g/mol. The van der Waals surface area contributed by atoms with Crippen LogP contribution in [0.25, 0.3) is 5.57 Å². The van der Waals surface area contributed by atoms with Gasteiger partial charge in [0.15, 0.2) is 0 Å². The lowest BCUT2D eigenvalue weighted by atomic mass is 9.95. The van der Waals surface area contributed by atoms with E-state index in [1.807, 2.05) is 24.3 Å². The lowest BCUT2D eigenvalue weighted by molar-refractivity contribution is 0.737. The fourth-order valence-electron chi connectivity index (χ4n) is 2.89. The molecule has 2 rings (SSSR count). The largest absolute Gasteiger partial charge is 0.150 e. The molecule has 0 aromatic heterocycles. The van der Waals surface area contributed by atoms with Crippen molar-refractivity contribution in [3.63, 3.8) is 0 Å². The maximum atomic E-state index is 11.1. The molecule has 0 amide bonds. The van der Waals surface area contributed by atoms with E-state index >= 15 is 0 Å². The van der Waals surface area contributed by atoms with Gasteiger partial charge >= 0.3 is 0 Å². The van der Waals surface area contributed by atoms with Crippen LogP contribution in [0.15, 0.2) is 40.2 Å². The molecule has 0 fully saturated rings. The Bertz CT molecular complexity index is 523. The molecule has 0 spiro atoms. The van der Waals surface area contributed by atoms with Crippen LogP contribution in [0.5, 0.6) is 0 Å². The number of unbranched alkanes of at least 4 members (excludes halogenated alkanes) is 1. The summed E-state index contributed by atoms with van der Waals surface area (Å²) in [6.07, 6.45) is 5.09. The molecule has 106 valence electrons. The predicted molar refractivity (Wildman–Crippen MR) is 81.2 cm³/mol. The molecule has 4 nitrogen and oxygen atoms in total. The fraction of sp³-hybridized carbons (Fsp3) is 0.500. The van der Waals surface area contributed by atoms with E-state index in [1.54, 1.807) is 0 Å². The van der Waals surface area contributed by atoms with Gasteiger partial charge in [0.25, 0.3) is 0 Å². The Labute approximate surface area is 119 Å². The highest BCUT2D eigenvalue weighted by atomic mass is 16.3. The van der Waals surface area contributed by atoms with E-state index in [-0.39, 0.29) is 12.6 Å². The van der Waals surface area contributed by atoms with E-state index in [9.17, 15) is 9.81 Å². The molecule has 4 heteroatoms. The molecule has 1 aliphatic rings. The van der Waals surface area contributed by atoms with Crippen molar-refractivity contribution in [2.75, 3.05) is 0 Å². The van der Waals surface area contributed by atoms with Crippen molar-refractivity contribution in [3.8, 4) is 0 Å². The highest BCUT2D eigenvalue weighted by Gasteiger charge is 2.27. The molecule has 1 aromatic rings. The molecule has 0 saturated heterocycles. The van der Waals surface area contributed by atoms with Crippen LogP contribution in [0.3, 0.4) is 0 Å². The number of benzene rings is 1. The first-order chi connectivity index (χ1) is 9.80. The monoisotopic (exact) mass is 272 g/mol. The van der Waals surface area contributed by atoms with Gasteiger partial charge < -0.3 is 0 Å². The summed E-state index contributed by atoms with van der Waals surface area (Å²) < 4.78 is 0. The van der Waals surface area contributed by atoms with Gasteiger partial charge in [-0.05, 0) is 48.4 Å². The summed E-state index contributed by atoms with van der Waals surface area (Å²) in [5.41, 5.74) is 4.35. The molecule has 0 saturated carbocycles. The molecule has 1 aromatic carbocycles. The zero-order valence-electron chi connectivity index (χ0n) is 11.8. The second-order valence-electron chi connectivity index (χ2n) is 5.27. The summed E-state index contributed by atoms with van der Waals surface area (Å²) in [5, 5.41) is 6.22. The molecule has 0 heterocycles. The van der Waals surface area contributed by atoms with Crippen LogP contribution in [0.4, 0.5) is 0 Å². The third-order valence-corrected chi connectivity index (χ3v) is 3.88. The summed E-state index contributed by atoms with van der Waals surface area (Å²) in [7, 11) is 0. The van der Waals surface area contributed by atoms with Crippen molar-refractivity contribution in [3.05, 3.63) is 50.8 Å². The van der Waals surface area contributed by atoms with Crippen molar-refractivity contribution in [2.24, 2.45) is 10.4 Å². The molecule has 1 unspecified atom stereocenters. The van der Waals surface area contributed by atoms with Gasteiger partial charge in [-0.3, -0.25) is 0 Å². The van der Waals surface area contributed by atoms with Crippen molar-refractivity contribution in [1.82, 2.24) is 0 Å². The quantitative estimate of drug-likeness (QED) is 0.668. The molecule has 0 N–H and O–H groups in total. The van der Waals surface area contributed by atoms with Gasteiger partial charge in [-0.15, -0.1) is 0 Å². The van der Waals surface area contributed by atoms with E-state index in [0.717, 1.165) is 48.8 Å². The van der Waals surface area contributed by atoms with Crippen molar-refractivity contribution in [1.29, 1.82) is 0 Å². The molecule has 0 aliphatic heterocycles. The third kappa shape index (κ3) is 3.18. The maximum absolute atomic E-state index is 11.1. The van der Waals surface area contributed by atoms with Crippen LogP contribution in [0.2, 0.25) is 0 Å². The highest BCUT2D eigenvalue weighted by molar-refractivity contribution is 5.75. The third-order valence-electron chi connectivity index (χ3n) is 3.88. The van der Waals surface area contributed by atoms with Crippen molar-refractivity contribution < 1.29 is 0 Å². The van der Waals surface area contributed by atoms with Gasteiger partial charge in [-0.2, -0.15) is 9.81 Å². The zero-order chi connectivity index (χ0) is 14.4. The number of nitroso groups, excluding NO2 is 2. The Morgan fingerprint density at radius 2 is 2.15 bits per heavy atom. The first-order valence-corrected chi connectivity index (χ1v) is 7.23. The van der Waals surface area contributed by atoms with Crippen LogP contribution in [0, 0.1) is 9.81 Å². The first kappa shape index (κ1) is 14.6. The maximum Gasteiger partial charge on any atom is 0.118 e. The van der Waals surface area contributed by atoms with Crippen LogP contribution >= 0.6 is 0 Å². The summed E-state index contributed by atoms with van der Waals surface area (Å²) in [5.74, 6) is 0. The Hall–Kier alpha value is -1.84. The second-order valence-corrected chi connectivity index (χ2v) is 5.27. The average Bonchev–Trinajstić information content (AvgIpc) is 2.88. The van der Waals surface area contributed by atoms with Crippen LogP contribution < -0.4 is 0 Å². The zero-order valence-corrected chi connectivity index (χ0v) is 11.8. The number of nitrogens with zero attached hydrogens (tertiary/aromatic N) is 2. The Morgan fingerprint density at radius 1 is 1.30 bits per heavy atom. The van der Waals surface area contributed by atoms with E-state index < -0.39 is 0 Å². The standard InChI is InChI=1S/C16H20N2O2/c1-2-3-6-13-8-9-15(18-20)16(13)14-7-4-5-12(10-14)11-17-19/h4-5,7,10,15H,2-3,6,8-9,11H2,1H3. The minimum absolute atomic E-state index is 0.171. The van der Waals surface area contributed by atoms with Gasteiger partial charge in [-0.1, -0.05) is 47.5 Å². The number of allylic oxidation sites excluding steroid dienone is 1. The molecular formula is C16H20N2O2. The topological polar surface area (TPSA) is 58.9 Å². The number of hydrogen-bond donors (Lipinski definition) is 0. The fourth-order valence-corrected chi connectivity index (χ4v) is 2.89. The normalized spacial score (nSPS) is 18.4.